The molecular formula is C13H26ClN3O2. The molecule has 0 saturated carbocycles. The SMILES string of the molecule is CCCN(C(=O)CN(C)C(C)=O)C1CCNCC1.Cl. The third kappa shape index (κ3) is 5.78. The van der Waals surface area contributed by atoms with Crippen molar-refractivity contribution >= 4 is 24.2 Å². The van der Waals surface area contributed by atoms with E-state index in [1.165, 1.54) is 11.8 Å². The molecule has 0 unspecified atom stereocenters. The summed E-state index contributed by atoms with van der Waals surface area (Å²) in [4.78, 5) is 26.9. The summed E-state index contributed by atoms with van der Waals surface area (Å²) in [6.07, 6.45) is 2.98. The molecule has 5 nitrogen and oxygen atoms in total. The number of nitrogens with zero attached hydrogens (tertiary/aromatic N) is 2. The summed E-state index contributed by atoms with van der Waals surface area (Å²) in [6, 6.07) is 0.332. The fourth-order valence-corrected chi connectivity index (χ4v) is 2.28. The maximum absolute atomic E-state index is 12.3. The molecule has 112 valence electrons. The van der Waals surface area contributed by atoms with Gasteiger partial charge in [-0.1, -0.05) is 6.92 Å². The smallest absolute Gasteiger partial charge is 0.242 e. The Morgan fingerprint density at radius 1 is 1.26 bits per heavy atom. The second-order valence-corrected chi connectivity index (χ2v) is 4.94. The van der Waals surface area contributed by atoms with Gasteiger partial charge >= 0.3 is 0 Å². The molecule has 0 aromatic rings. The van der Waals surface area contributed by atoms with Crippen molar-refractivity contribution in [3.05, 3.63) is 0 Å². The fourth-order valence-electron chi connectivity index (χ4n) is 2.28. The minimum absolute atomic E-state index is 0. The Kier molecular flexibility index (Phi) is 8.76. The maximum Gasteiger partial charge on any atom is 0.242 e. The largest absolute Gasteiger partial charge is 0.338 e. The summed E-state index contributed by atoms with van der Waals surface area (Å²) in [5.41, 5.74) is 0. The summed E-state index contributed by atoms with van der Waals surface area (Å²) in [5, 5.41) is 3.31. The number of likely N-dealkylation sites (N-methyl/N-ethyl adjacent to an activating group) is 1. The maximum atomic E-state index is 12.3. The van der Waals surface area contributed by atoms with Gasteiger partial charge in [0.25, 0.3) is 0 Å². The third-order valence-electron chi connectivity index (χ3n) is 3.44. The third-order valence-corrected chi connectivity index (χ3v) is 3.44. The van der Waals surface area contributed by atoms with E-state index in [1.54, 1.807) is 7.05 Å². The highest BCUT2D eigenvalue weighted by Crippen LogP contribution is 2.13. The molecule has 1 heterocycles. The molecule has 1 rings (SSSR count). The molecule has 1 saturated heterocycles. The zero-order chi connectivity index (χ0) is 13.5. The zero-order valence-corrected chi connectivity index (χ0v) is 13.0. The minimum Gasteiger partial charge on any atom is -0.338 e. The van der Waals surface area contributed by atoms with Gasteiger partial charge < -0.3 is 15.1 Å². The molecule has 0 atom stereocenters. The standard InChI is InChI=1S/C13H25N3O2.ClH/c1-4-9-16(12-5-7-14-8-6-12)13(18)10-15(3)11(2)17;/h12,14H,4-10H2,1-3H3;1H. The van der Waals surface area contributed by atoms with Crippen molar-refractivity contribution in [2.24, 2.45) is 0 Å². The molecular weight excluding hydrogens is 266 g/mol. The number of carbonyl (C=O) groups is 2. The molecule has 0 aromatic carbocycles. The number of nitrogens with one attached hydrogen (secondary N) is 1. The molecule has 0 aliphatic carbocycles. The lowest BCUT2D eigenvalue weighted by Crippen LogP contribution is -2.49. The number of hydrogen-bond acceptors (Lipinski definition) is 3. The number of hydrogen-bond donors (Lipinski definition) is 1. The quantitative estimate of drug-likeness (QED) is 0.818. The summed E-state index contributed by atoms with van der Waals surface area (Å²) < 4.78 is 0. The van der Waals surface area contributed by atoms with Gasteiger partial charge in [-0.3, -0.25) is 9.59 Å². The Morgan fingerprint density at radius 2 is 1.84 bits per heavy atom. The molecule has 0 aromatic heterocycles. The zero-order valence-electron chi connectivity index (χ0n) is 12.1. The lowest BCUT2D eigenvalue weighted by atomic mass is 10.0. The van der Waals surface area contributed by atoms with Gasteiger partial charge in [-0.05, 0) is 32.4 Å². The van der Waals surface area contributed by atoms with E-state index in [4.69, 9.17) is 0 Å². The Morgan fingerprint density at radius 3 is 2.32 bits per heavy atom. The van der Waals surface area contributed by atoms with Gasteiger partial charge in [0.05, 0.1) is 6.54 Å². The molecule has 19 heavy (non-hydrogen) atoms. The van der Waals surface area contributed by atoms with Gasteiger partial charge in [0, 0.05) is 26.6 Å². The average molecular weight is 292 g/mol. The van der Waals surface area contributed by atoms with Crippen molar-refractivity contribution in [3.8, 4) is 0 Å². The first kappa shape index (κ1) is 18.2. The van der Waals surface area contributed by atoms with Gasteiger partial charge in [-0.15, -0.1) is 12.4 Å². The molecule has 6 heteroatoms. The Bertz CT molecular complexity index is 294. The lowest BCUT2D eigenvalue weighted by Gasteiger charge is -2.35. The van der Waals surface area contributed by atoms with Crippen LogP contribution in [-0.4, -0.2) is 60.9 Å². The molecule has 1 N–H and O–H groups in total. The topological polar surface area (TPSA) is 52.7 Å². The molecule has 2 amide bonds. The molecule has 0 spiro atoms. The summed E-state index contributed by atoms with van der Waals surface area (Å²) in [6.45, 7) is 6.49. The first-order valence-corrected chi connectivity index (χ1v) is 6.78. The van der Waals surface area contributed by atoms with Gasteiger partial charge in [-0.25, -0.2) is 0 Å². The normalized spacial score (nSPS) is 15.5. The molecule has 0 bridgehead atoms. The molecule has 1 aliphatic heterocycles. The van der Waals surface area contributed by atoms with Gasteiger partial charge in [-0.2, -0.15) is 0 Å². The molecule has 1 fully saturated rings. The van der Waals surface area contributed by atoms with Crippen LogP contribution in [0.3, 0.4) is 0 Å². The minimum atomic E-state index is -0.0647. The number of piperidine rings is 1. The van der Waals surface area contributed by atoms with Crippen molar-refractivity contribution in [3.63, 3.8) is 0 Å². The summed E-state index contributed by atoms with van der Waals surface area (Å²) in [7, 11) is 1.67. The Labute approximate surface area is 122 Å². The van der Waals surface area contributed by atoms with Gasteiger partial charge in [0.1, 0.15) is 0 Å². The van der Waals surface area contributed by atoms with Crippen LogP contribution in [0.15, 0.2) is 0 Å². The van der Waals surface area contributed by atoms with E-state index in [1.807, 2.05) is 4.90 Å². The van der Waals surface area contributed by atoms with E-state index in [2.05, 4.69) is 12.2 Å². The molecule has 0 radical (unpaired) electrons. The highest BCUT2D eigenvalue weighted by Gasteiger charge is 2.25. The summed E-state index contributed by atoms with van der Waals surface area (Å²) in [5.74, 6) is 0.00607. The van der Waals surface area contributed by atoms with Crippen LogP contribution >= 0.6 is 12.4 Å². The second-order valence-electron chi connectivity index (χ2n) is 4.94. The van der Waals surface area contributed by atoms with Gasteiger partial charge in [0.15, 0.2) is 0 Å². The first-order valence-electron chi connectivity index (χ1n) is 6.78. The van der Waals surface area contributed by atoms with Crippen molar-refractivity contribution in [1.29, 1.82) is 0 Å². The van der Waals surface area contributed by atoms with E-state index >= 15 is 0 Å². The number of halogens is 1. The van der Waals surface area contributed by atoms with E-state index in [-0.39, 0.29) is 30.8 Å². The highest BCUT2D eigenvalue weighted by molar-refractivity contribution is 5.85. The average Bonchev–Trinajstić information content (AvgIpc) is 2.36. The van der Waals surface area contributed by atoms with E-state index in [0.717, 1.165) is 38.9 Å². The van der Waals surface area contributed by atoms with Crippen LogP contribution in [0.4, 0.5) is 0 Å². The lowest BCUT2D eigenvalue weighted by molar-refractivity contribution is -0.140. The van der Waals surface area contributed by atoms with E-state index in [0.29, 0.717) is 6.04 Å². The van der Waals surface area contributed by atoms with Crippen LogP contribution in [-0.2, 0) is 9.59 Å². The van der Waals surface area contributed by atoms with Gasteiger partial charge in [0.2, 0.25) is 11.8 Å². The fraction of sp³-hybridized carbons (Fsp3) is 0.846. The van der Waals surface area contributed by atoms with Crippen molar-refractivity contribution in [2.45, 2.75) is 39.2 Å². The monoisotopic (exact) mass is 291 g/mol. The second kappa shape index (κ2) is 9.15. The van der Waals surface area contributed by atoms with Crippen LogP contribution in [0.5, 0.6) is 0 Å². The van der Waals surface area contributed by atoms with Crippen LogP contribution in [0.2, 0.25) is 0 Å². The van der Waals surface area contributed by atoms with Crippen LogP contribution in [0.25, 0.3) is 0 Å². The Balaban J connectivity index is 0.00000324. The number of amides is 2. The van der Waals surface area contributed by atoms with Crippen molar-refractivity contribution in [2.75, 3.05) is 33.2 Å². The predicted octanol–water partition coefficient (Wildman–Crippen LogP) is 0.877. The highest BCUT2D eigenvalue weighted by atomic mass is 35.5. The van der Waals surface area contributed by atoms with Crippen LogP contribution in [0.1, 0.15) is 33.1 Å². The van der Waals surface area contributed by atoms with Crippen LogP contribution < -0.4 is 5.32 Å². The summed E-state index contributed by atoms with van der Waals surface area (Å²) >= 11 is 0. The molecule has 1 aliphatic rings. The van der Waals surface area contributed by atoms with Crippen LogP contribution in [0, 0.1) is 0 Å². The van der Waals surface area contributed by atoms with E-state index in [9.17, 15) is 9.59 Å². The van der Waals surface area contributed by atoms with E-state index < -0.39 is 0 Å². The first-order chi connectivity index (χ1) is 8.56. The Hall–Kier alpha value is -0.810. The number of carbonyl (C=O) groups excluding carboxylic acids is 2. The number of rotatable bonds is 5. The van der Waals surface area contributed by atoms with Crippen molar-refractivity contribution in [1.82, 2.24) is 15.1 Å². The van der Waals surface area contributed by atoms with Crippen molar-refractivity contribution < 1.29 is 9.59 Å². The predicted molar refractivity (Wildman–Crippen MR) is 78.5 cm³/mol.